The molecule has 1 heterocycles. The Morgan fingerprint density at radius 2 is 2.54 bits per heavy atom. The Balaban J connectivity index is 1.85. The van der Waals surface area contributed by atoms with Crippen LogP contribution in [0.2, 0.25) is 0 Å². The van der Waals surface area contributed by atoms with Gasteiger partial charge in [-0.3, -0.25) is 5.10 Å². The summed E-state index contributed by atoms with van der Waals surface area (Å²) in [5, 5.41) is 11.1. The smallest absolute Gasteiger partial charge is 0.204 e. The van der Waals surface area contributed by atoms with E-state index >= 15 is 0 Å². The lowest BCUT2D eigenvalue weighted by Gasteiger charge is -2.10. The molecule has 0 saturated heterocycles. The van der Waals surface area contributed by atoms with Crippen LogP contribution in [-0.2, 0) is 0 Å². The first-order valence-electron chi connectivity index (χ1n) is 4.56. The molecule has 1 aromatic rings. The first-order chi connectivity index (χ1) is 6.24. The van der Waals surface area contributed by atoms with E-state index in [0.717, 1.165) is 15.0 Å². The minimum Gasteiger partial charge on any atom is -0.358 e. The summed E-state index contributed by atoms with van der Waals surface area (Å²) in [4.78, 5) is 0. The predicted molar refractivity (Wildman–Crippen MR) is 57.7 cm³/mol. The van der Waals surface area contributed by atoms with Gasteiger partial charge in [0.05, 0.1) is 0 Å². The fraction of sp³-hybridized carbons (Fsp3) is 0.750. The van der Waals surface area contributed by atoms with E-state index in [0.29, 0.717) is 6.04 Å². The molecule has 13 heavy (non-hydrogen) atoms. The second-order valence-electron chi connectivity index (χ2n) is 3.64. The number of hydrogen-bond donors (Lipinski definition) is 2. The van der Waals surface area contributed by atoms with Crippen molar-refractivity contribution in [2.24, 2.45) is 5.92 Å². The van der Waals surface area contributed by atoms with Crippen LogP contribution < -0.4 is 5.32 Å². The minimum atomic E-state index is 0.515. The summed E-state index contributed by atoms with van der Waals surface area (Å²) < 4.78 is 0.737. The summed E-state index contributed by atoms with van der Waals surface area (Å²) in [5.41, 5.74) is 0. The van der Waals surface area contributed by atoms with Crippen LogP contribution >= 0.6 is 23.6 Å². The third-order valence-corrected chi connectivity index (χ3v) is 3.21. The Labute approximate surface area is 86.6 Å². The van der Waals surface area contributed by atoms with Gasteiger partial charge in [0.15, 0.2) is 3.95 Å². The van der Waals surface area contributed by atoms with Crippen molar-refractivity contribution in [3.8, 4) is 0 Å². The van der Waals surface area contributed by atoms with E-state index < -0.39 is 0 Å². The Bertz CT molecular complexity index is 326. The van der Waals surface area contributed by atoms with Crippen LogP contribution in [0.3, 0.4) is 0 Å². The van der Waals surface area contributed by atoms with Gasteiger partial charge in [0, 0.05) is 6.04 Å². The molecule has 1 unspecified atom stereocenters. The summed E-state index contributed by atoms with van der Waals surface area (Å²) in [5.74, 6) is 0.953. The fourth-order valence-corrected chi connectivity index (χ4v) is 2.32. The van der Waals surface area contributed by atoms with E-state index in [-0.39, 0.29) is 0 Å². The normalized spacial score (nSPS) is 18.5. The van der Waals surface area contributed by atoms with Crippen molar-refractivity contribution in [3.63, 3.8) is 0 Å². The van der Waals surface area contributed by atoms with Crippen LogP contribution in [-0.4, -0.2) is 16.2 Å². The molecule has 0 amide bonds. The zero-order chi connectivity index (χ0) is 9.26. The van der Waals surface area contributed by atoms with Crippen LogP contribution in [0.1, 0.15) is 26.2 Å². The fourth-order valence-electron chi connectivity index (χ4n) is 1.41. The molecule has 0 aliphatic heterocycles. The van der Waals surface area contributed by atoms with E-state index in [2.05, 4.69) is 22.4 Å². The van der Waals surface area contributed by atoms with E-state index in [1.54, 1.807) is 0 Å². The number of anilines is 1. The predicted octanol–water partition coefficient (Wildman–Crippen LogP) is 2.80. The maximum atomic E-state index is 4.95. The highest BCUT2D eigenvalue weighted by atomic mass is 32.1. The number of aromatic nitrogens is 2. The molecule has 1 atom stereocenters. The maximum absolute atomic E-state index is 4.95. The van der Waals surface area contributed by atoms with E-state index in [1.807, 2.05) is 0 Å². The number of aromatic amines is 1. The minimum absolute atomic E-state index is 0.515. The van der Waals surface area contributed by atoms with Gasteiger partial charge >= 0.3 is 0 Å². The molecule has 72 valence electrons. The molecule has 1 aromatic heterocycles. The number of hydrogen-bond acceptors (Lipinski definition) is 4. The van der Waals surface area contributed by atoms with Gasteiger partial charge in [-0.25, -0.2) is 0 Å². The van der Waals surface area contributed by atoms with Gasteiger partial charge in [-0.05, 0) is 31.5 Å². The van der Waals surface area contributed by atoms with Crippen LogP contribution in [0.4, 0.5) is 5.13 Å². The van der Waals surface area contributed by atoms with Crippen molar-refractivity contribution < 1.29 is 0 Å². The van der Waals surface area contributed by atoms with Gasteiger partial charge in [-0.15, -0.1) is 5.10 Å². The van der Waals surface area contributed by atoms with Crippen LogP contribution in [0.5, 0.6) is 0 Å². The first kappa shape index (κ1) is 9.15. The van der Waals surface area contributed by atoms with Gasteiger partial charge in [0.1, 0.15) is 0 Å². The molecule has 5 heteroatoms. The molecular formula is C8H13N3S2. The summed E-state index contributed by atoms with van der Waals surface area (Å²) in [7, 11) is 0. The lowest BCUT2D eigenvalue weighted by molar-refractivity contribution is 0.641. The molecule has 2 N–H and O–H groups in total. The Hall–Kier alpha value is -0.420. The Morgan fingerprint density at radius 3 is 3.08 bits per heavy atom. The van der Waals surface area contributed by atoms with Crippen LogP contribution in [0, 0.1) is 9.87 Å². The molecule has 2 rings (SSSR count). The van der Waals surface area contributed by atoms with Gasteiger partial charge in [0.2, 0.25) is 5.13 Å². The van der Waals surface area contributed by atoms with Crippen molar-refractivity contribution in [2.45, 2.75) is 32.2 Å². The van der Waals surface area contributed by atoms with Gasteiger partial charge in [-0.2, -0.15) is 0 Å². The zero-order valence-corrected chi connectivity index (χ0v) is 9.17. The first-order valence-corrected chi connectivity index (χ1v) is 5.78. The van der Waals surface area contributed by atoms with E-state index in [1.165, 1.54) is 30.6 Å². The zero-order valence-electron chi connectivity index (χ0n) is 7.54. The molecule has 0 bridgehead atoms. The quantitative estimate of drug-likeness (QED) is 0.759. The number of nitrogens with zero attached hydrogens (tertiary/aromatic N) is 1. The summed E-state index contributed by atoms with van der Waals surface area (Å²) >= 11 is 6.45. The molecule has 0 spiro atoms. The number of rotatable bonds is 4. The van der Waals surface area contributed by atoms with Crippen molar-refractivity contribution in [1.82, 2.24) is 10.2 Å². The third-order valence-electron chi connectivity index (χ3n) is 2.19. The van der Waals surface area contributed by atoms with Crippen LogP contribution in [0.15, 0.2) is 0 Å². The summed E-state index contributed by atoms with van der Waals surface area (Å²) in [6.45, 7) is 2.20. The second kappa shape index (κ2) is 3.75. The summed E-state index contributed by atoms with van der Waals surface area (Å²) in [6.07, 6.45) is 4.07. The SMILES string of the molecule is CC(CC1CC1)Nc1n[nH]c(=S)s1. The average Bonchev–Trinajstić information content (AvgIpc) is 2.76. The van der Waals surface area contributed by atoms with Crippen molar-refractivity contribution in [1.29, 1.82) is 0 Å². The van der Waals surface area contributed by atoms with E-state index in [4.69, 9.17) is 12.2 Å². The highest BCUT2D eigenvalue weighted by molar-refractivity contribution is 7.73. The molecule has 1 aliphatic rings. The monoisotopic (exact) mass is 215 g/mol. The molecule has 1 aliphatic carbocycles. The van der Waals surface area contributed by atoms with Crippen molar-refractivity contribution in [3.05, 3.63) is 3.95 Å². The largest absolute Gasteiger partial charge is 0.358 e. The Morgan fingerprint density at radius 1 is 1.77 bits per heavy atom. The molecule has 3 nitrogen and oxygen atoms in total. The van der Waals surface area contributed by atoms with E-state index in [9.17, 15) is 0 Å². The van der Waals surface area contributed by atoms with Crippen molar-refractivity contribution in [2.75, 3.05) is 5.32 Å². The highest BCUT2D eigenvalue weighted by Crippen LogP contribution is 2.34. The maximum Gasteiger partial charge on any atom is 0.204 e. The van der Waals surface area contributed by atoms with Crippen molar-refractivity contribution >= 4 is 28.7 Å². The van der Waals surface area contributed by atoms with Gasteiger partial charge < -0.3 is 5.32 Å². The second-order valence-corrected chi connectivity index (χ2v) is 5.31. The molecular weight excluding hydrogens is 202 g/mol. The highest BCUT2D eigenvalue weighted by Gasteiger charge is 2.23. The summed E-state index contributed by atoms with van der Waals surface area (Å²) in [6, 6.07) is 0.515. The number of nitrogens with one attached hydrogen (secondary N) is 2. The standard InChI is InChI=1S/C8H13N3S2/c1-5(4-6-2-3-6)9-7-10-11-8(12)13-7/h5-6H,2-4H2,1H3,(H,9,10)(H,11,12). The average molecular weight is 215 g/mol. The molecule has 0 aromatic carbocycles. The van der Waals surface area contributed by atoms with Gasteiger partial charge in [0.25, 0.3) is 0 Å². The van der Waals surface area contributed by atoms with Crippen LogP contribution in [0.25, 0.3) is 0 Å². The molecule has 1 fully saturated rings. The lowest BCUT2D eigenvalue weighted by Crippen LogP contribution is -2.15. The molecule has 1 saturated carbocycles. The molecule has 0 radical (unpaired) electrons. The van der Waals surface area contributed by atoms with Gasteiger partial charge in [-0.1, -0.05) is 24.2 Å². The lowest BCUT2D eigenvalue weighted by atomic mass is 10.2. The third kappa shape index (κ3) is 2.77. The number of H-pyrrole nitrogens is 1. The topological polar surface area (TPSA) is 40.7 Å². The Kier molecular flexibility index (Phi) is 2.64.